The Kier molecular flexibility index (Phi) is 4.64. The lowest BCUT2D eigenvalue weighted by Crippen LogP contribution is -2.36. The van der Waals surface area contributed by atoms with Crippen LogP contribution in [-0.2, 0) is 10.0 Å². The smallest absolute Gasteiger partial charge is 0.253 e. The summed E-state index contributed by atoms with van der Waals surface area (Å²) in [6, 6.07) is 6.57. The maximum atomic E-state index is 11.9. The zero-order valence-corrected chi connectivity index (χ0v) is 11.2. The van der Waals surface area contributed by atoms with Crippen molar-refractivity contribution in [1.82, 2.24) is 9.84 Å². The number of hydrogen-bond donors (Lipinski definition) is 2. The molecule has 6 heteroatoms. The molecule has 1 unspecified atom stereocenters. The average Bonchev–Trinajstić information content (AvgIpc) is 2.26. The van der Waals surface area contributed by atoms with E-state index in [1.54, 1.807) is 32.3 Å². The van der Waals surface area contributed by atoms with Gasteiger partial charge in [-0.1, -0.05) is 19.1 Å². The van der Waals surface area contributed by atoms with Crippen LogP contribution in [0.25, 0.3) is 0 Å². The molecule has 0 saturated heterocycles. The van der Waals surface area contributed by atoms with E-state index >= 15 is 0 Å². The number of hydrazine groups is 1. The van der Waals surface area contributed by atoms with Gasteiger partial charge in [0.05, 0.1) is 4.90 Å². The number of nitrogens with two attached hydrogens (primary N) is 1. The number of hydrogen-bond acceptors (Lipinski definition) is 4. The third kappa shape index (κ3) is 3.78. The summed E-state index contributed by atoms with van der Waals surface area (Å²) in [6.45, 7) is 1.96. The Morgan fingerprint density at radius 2 is 2.06 bits per heavy atom. The Balaban J connectivity index is 3.07. The number of nitrogens with zero attached hydrogens (tertiary/aromatic N) is 1. The van der Waals surface area contributed by atoms with Gasteiger partial charge in [0, 0.05) is 20.1 Å². The van der Waals surface area contributed by atoms with Gasteiger partial charge >= 0.3 is 0 Å². The average molecular weight is 257 g/mol. The summed E-state index contributed by atoms with van der Waals surface area (Å²) in [4.78, 5) is 2.61. The topological polar surface area (TPSA) is 75.4 Å². The lowest BCUT2D eigenvalue weighted by molar-refractivity contribution is 0.364. The maximum absolute atomic E-state index is 11.9. The van der Waals surface area contributed by atoms with Crippen molar-refractivity contribution in [3.05, 3.63) is 29.8 Å². The molecule has 0 bridgehead atoms. The van der Waals surface area contributed by atoms with E-state index in [-0.39, 0.29) is 10.9 Å². The number of nitrogens with one attached hydrogen (secondary N) is 1. The molecule has 96 valence electrons. The predicted octanol–water partition coefficient (Wildman–Crippen LogP) is 0.851. The highest BCUT2D eigenvalue weighted by molar-refractivity contribution is 7.89. The highest BCUT2D eigenvalue weighted by atomic mass is 32.2. The standard InChI is InChI=1S/C11H19N3O2S/c1-4-11(12)9-6-5-7-10(8-9)17(15,16)13-14(2)3/h5-8,11,13H,4,12H2,1-3H3. The molecule has 1 atom stereocenters. The first kappa shape index (κ1) is 14.1. The van der Waals surface area contributed by atoms with Crippen LogP contribution in [-0.4, -0.2) is 27.5 Å². The third-order valence-electron chi connectivity index (χ3n) is 2.34. The zero-order chi connectivity index (χ0) is 13.1. The second-order valence-corrected chi connectivity index (χ2v) is 5.74. The molecule has 17 heavy (non-hydrogen) atoms. The van der Waals surface area contributed by atoms with Crippen molar-refractivity contribution in [3.63, 3.8) is 0 Å². The van der Waals surface area contributed by atoms with E-state index < -0.39 is 10.0 Å². The molecule has 0 aliphatic rings. The summed E-state index contributed by atoms with van der Waals surface area (Å²) in [5.74, 6) is 0. The molecule has 0 heterocycles. The second-order valence-electron chi connectivity index (χ2n) is 4.08. The van der Waals surface area contributed by atoms with Crippen molar-refractivity contribution in [3.8, 4) is 0 Å². The first-order chi connectivity index (χ1) is 7.86. The summed E-state index contributed by atoms with van der Waals surface area (Å²) in [5.41, 5.74) is 6.71. The fourth-order valence-electron chi connectivity index (χ4n) is 1.44. The summed E-state index contributed by atoms with van der Waals surface area (Å²) in [5, 5.41) is 1.39. The summed E-state index contributed by atoms with van der Waals surface area (Å²) in [7, 11) is -0.255. The lowest BCUT2D eigenvalue weighted by atomic mass is 10.1. The molecule has 0 radical (unpaired) electrons. The van der Waals surface area contributed by atoms with Gasteiger partial charge in [-0.3, -0.25) is 0 Å². The Bertz CT molecular complexity index is 471. The fraction of sp³-hybridized carbons (Fsp3) is 0.455. The van der Waals surface area contributed by atoms with Crippen molar-refractivity contribution < 1.29 is 8.42 Å². The normalized spacial score (nSPS) is 13.9. The molecule has 0 aliphatic heterocycles. The van der Waals surface area contributed by atoms with E-state index in [1.807, 2.05) is 13.0 Å². The van der Waals surface area contributed by atoms with Gasteiger partial charge in [-0.15, -0.1) is 4.83 Å². The number of sulfonamides is 1. The van der Waals surface area contributed by atoms with Crippen LogP contribution in [0.4, 0.5) is 0 Å². The predicted molar refractivity (Wildman–Crippen MR) is 67.7 cm³/mol. The van der Waals surface area contributed by atoms with Crippen molar-refractivity contribution in [2.45, 2.75) is 24.3 Å². The molecule has 1 rings (SSSR count). The van der Waals surface area contributed by atoms with E-state index in [0.29, 0.717) is 0 Å². The SMILES string of the molecule is CCC(N)c1cccc(S(=O)(=O)NN(C)C)c1. The quantitative estimate of drug-likeness (QED) is 0.767. The minimum Gasteiger partial charge on any atom is -0.324 e. The van der Waals surface area contributed by atoms with Gasteiger partial charge in [0.25, 0.3) is 10.0 Å². The van der Waals surface area contributed by atoms with Crippen molar-refractivity contribution in [1.29, 1.82) is 0 Å². The first-order valence-electron chi connectivity index (χ1n) is 5.42. The Hall–Kier alpha value is -0.950. The van der Waals surface area contributed by atoms with Gasteiger partial charge in [0.2, 0.25) is 0 Å². The van der Waals surface area contributed by atoms with E-state index in [2.05, 4.69) is 4.83 Å². The van der Waals surface area contributed by atoms with Crippen LogP contribution in [0.3, 0.4) is 0 Å². The van der Waals surface area contributed by atoms with Crippen molar-refractivity contribution in [2.75, 3.05) is 14.1 Å². The van der Waals surface area contributed by atoms with Gasteiger partial charge in [-0.25, -0.2) is 13.4 Å². The molecule has 0 fully saturated rings. The molecule has 0 spiro atoms. The minimum atomic E-state index is -3.50. The van der Waals surface area contributed by atoms with Crippen molar-refractivity contribution >= 4 is 10.0 Å². The highest BCUT2D eigenvalue weighted by Gasteiger charge is 2.16. The van der Waals surface area contributed by atoms with Gasteiger partial charge in [-0.05, 0) is 24.1 Å². The summed E-state index contributed by atoms with van der Waals surface area (Å²) >= 11 is 0. The van der Waals surface area contributed by atoms with E-state index in [1.165, 1.54) is 5.01 Å². The monoisotopic (exact) mass is 257 g/mol. The van der Waals surface area contributed by atoms with Crippen LogP contribution in [0.2, 0.25) is 0 Å². The number of rotatable bonds is 5. The Morgan fingerprint density at radius 3 is 2.59 bits per heavy atom. The third-order valence-corrected chi connectivity index (χ3v) is 3.82. The van der Waals surface area contributed by atoms with E-state index in [9.17, 15) is 8.42 Å². The van der Waals surface area contributed by atoms with Gasteiger partial charge in [0.1, 0.15) is 0 Å². The van der Waals surface area contributed by atoms with Crippen LogP contribution in [0, 0.1) is 0 Å². The molecule has 0 amide bonds. The molecular formula is C11H19N3O2S. The fourth-order valence-corrected chi connectivity index (χ4v) is 2.58. The van der Waals surface area contributed by atoms with Crippen molar-refractivity contribution in [2.24, 2.45) is 5.73 Å². The second kappa shape index (κ2) is 5.59. The molecule has 1 aromatic rings. The summed E-state index contributed by atoms with van der Waals surface area (Å²) < 4.78 is 23.8. The molecule has 0 aliphatic carbocycles. The van der Waals surface area contributed by atoms with Crippen LogP contribution in [0.1, 0.15) is 24.9 Å². The van der Waals surface area contributed by atoms with Gasteiger partial charge in [0.15, 0.2) is 0 Å². The maximum Gasteiger partial charge on any atom is 0.253 e. The largest absolute Gasteiger partial charge is 0.324 e. The highest BCUT2D eigenvalue weighted by Crippen LogP contribution is 2.18. The summed E-state index contributed by atoms with van der Waals surface area (Å²) in [6.07, 6.45) is 0.768. The lowest BCUT2D eigenvalue weighted by Gasteiger charge is -2.14. The van der Waals surface area contributed by atoms with Gasteiger partial charge in [-0.2, -0.15) is 0 Å². The van der Waals surface area contributed by atoms with Crippen LogP contribution >= 0.6 is 0 Å². The van der Waals surface area contributed by atoms with Crippen LogP contribution in [0.15, 0.2) is 29.2 Å². The van der Waals surface area contributed by atoms with Gasteiger partial charge < -0.3 is 5.73 Å². The van der Waals surface area contributed by atoms with E-state index in [4.69, 9.17) is 5.73 Å². The minimum absolute atomic E-state index is 0.135. The first-order valence-corrected chi connectivity index (χ1v) is 6.90. The molecular weight excluding hydrogens is 238 g/mol. The van der Waals surface area contributed by atoms with Crippen LogP contribution < -0.4 is 10.6 Å². The van der Waals surface area contributed by atoms with Crippen LogP contribution in [0.5, 0.6) is 0 Å². The Labute approximate surface area is 103 Å². The zero-order valence-electron chi connectivity index (χ0n) is 10.3. The molecule has 5 nitrogen and oxygen atoms in total. The molecule has 0 saturated carbocycles. The molecule has 0 aromatic heterocycles. The molecule has 1 aromatic carbocycles. The molecule has 3 N–H and O–H groups in total. The Morgan fingerprint density at radius 1 is 1.41 bits per heavy atom. The number of benzene rings is 1. The van der Waals surface area contributed by atoms with E-state index in [0.717, 1.165) is 12.0 Å².